The van der Waals surface area contributed by atoms with E-state index in [0.717, 1.165) is 13.0 Å². The molecule has 0 bridgehead atoms. The molecule has 1 rings (SSSR count). The second-order valence-electron chi connectivity index (χ2n) is 4.11. The van der Waals surface area contributed by atoms with Crippen LogP contribution in [0.25, 0.3) is 0 Å². The standard InChI is InChI=1S/C9H16NO2/c1-9(2,3)12-8-4-5-10-7(8)6-11/h7-8,10H,4-5H2,1-3H3. The van der Waals surface area contributed by atoms with Gasteiger partial charge < -0.3 is 10.1 Å². The zero-order chi connectivity index (χ0) is 9.19. The first kappa shape index (κ1) is 9.68. The highest BCUT2D eigenvalue weighted by Crippen LogP contribution is 2.18. The minimum Gasteiger partial charge on any atom is -0.370 e. The van der Waals surface area contributed by atoms with Crippen LogP contribution in [0.1, 0.15) is 27.2 Å². The summed E-state index contributed by atoms with van der Waals surface area (Å²) in [4.78, 5) is 10.4. The SMILES string of the molecule is CC(C)(C)OC1CCNC1[C]=O. The molecule has 0 spiro atoms. The molecule has 1 radical (unpaired) electrons. The molecule has 0 aromatic carbocycles. The van der Waals surface area contributed by atoms with Crippen LogP contribution in [0.3, 0.4) is 0 Å². The van der Waals surface area contributed by atoms with Gasteiger partial charge in [0.1, 0.15) is 6.04 Å². The monoisotopic (exact) mass is 170 g/mol. The highest BCUT2D eigenvalue weighted by molar-refractivity contribution is 5.60. The van der Waals surface area contributed by atoms with Crippen LogP contribution < -0.4 is 5.32 Å². The average Bonchev–Trinajstić information content (AvgIpc) is 2.31. The van der Waals surface area contributed by atoms with Gasteiger partial charge in [-0.3, -0.25) is 4.79 Å². The topological polar surface area (TPSA) is 38.3 Å². The predicted molar refractivity (Wildman–Crippen MR) is 46.7 cm³/mol. The lowest BCUT2D eigenvalue weighted by atomic mass is 10.1. The molecule has 2 atom stereocenters. The van der Waals surface area contributed by atoms with Crippen LogP contribution in [0, 0.1) is 0 Å². The fourth-order valence-corrected chi connectivity index (χ4v) is 1.38. The maximum atomic E-state index is 10.4. The molecule has 1 saturated heterocycles. The van der Waals surface area contributed by atoms with Crippen LogP contribution >= 0.6 is 0 Å². The molecule has 1 fully saturated rings. The average molecular weight is 170 g/mol. The van der Waals surface area contributed by atoms with E-state index in [1.165, 1.54) is 0 Å². The van der Waals surface area contributed by atoms with E-state index in [4.69, 9.17) is 4.74 Å². The van der Waals surface area contributed by atoms with Gasteiger partial charge in [-0.2, -0.15) is 0 Å². The van der Waals surface area contributed by atoms with Gasteiger partial charge in [-0.1, -0.05) is 0 Å². The van der Waals surface area contributed by atoms with Crippen LogP contribution in [-0.4, -0.2) is 30.6 Å². The Kier molecular flexibility index (Phi) is 2.85. The molecule has 0 aromatic heterocycles. The molecule has 12 heavy (non-hydrogen) atoms. The molecular weight excluding hydrogens is 154 g/mol. The largest absolute Gasteiger partial charge is 0.370 e. The Balaban J connectivity index is 2.46. The Hall–Kier alpha value is -0.410. The number of rotatable bonds is 2. The summed E-state index contributed by atoms with van der Waals surface area (Å²) in [5.74, 6) is 0. The van der Waals surface area contributed by atoms with E-state index in [1.54, 1.807) is 0 Å². The normalized spacial score (nSPS) is 30.6. The Labute approximate surface area is 73.5 Å². The molecule has 0 saturated carbocycles. The molecule has 1 heterocycles. The Bertz CT molecular complexity index is 162. The van der Waals surface area contributed by atoms with E-state index in [1.807, 2.05) is 27.1 Å². The van der Waals surface area contributed by atoms with Gasteiger partial charge in [0.15, 0.2) is 0 Å². The Morgan fingerprint density at radius 1 is 1.50 bits per heavy atom. The van der Waals surface area contributed by atoms with Crippen molar-refractivity contribution in [3.05, 3.63) is 0 Å². The van der Waals surface area contributed by atoms with E-state index in [0.29, 0.717) is 0 Å². The number of carbonyl (C=O) groups excluding carboxylic acids is 1. The maximum absolute atomic E-state index is 10.4. The third kappa shape index (κ3) is 2.57. The first-order chi connectivity index (χ1) is 5.53. The molecule has 3 nitrogen and oxygen atoms in total. The lowest BCUT2D eigenvalue weighted by molar-refractivity contribution is -0.0563. The van der Waals surface area contributed by atoms with E-state index < -0.39 is 0 Å². The fraction of sp³-hybridized carbons (Fsp3) is 0.889. The molecule has 1 aliphatic rings. The predicted octanol–water partition coefficient (Wildman–Crippen LogP) is 0.642. The fourth-order valence-electron chi connectivity index (χ4n) is 1.38. The summed E-state index contributed by atoms with van der Waals surface area (Å²) in [7, 11) is 0. The van der Waals surface area contributed by atoms with Crippen molar-refractivity contribution in [2.45, 2.75) is 44.9 Å². The summed E-state index contributed by atoms with van der Waals surface area (Å²) in [5, 5.41) is 3.03. The van der Waals surface area contributed by atoms with Crippen molar-refractivity contribution in [1.82, 2.24) is 5.32 Å². The number of hydrogen-bond donors (Lipinski definition) is 1. The third-order valence-corrected chi connectivity index (χ3v) is 1.80. The van der Waals surface area contributed by atoms with Gasteiger partial charge in [-0.05, 0) is 33.7 Å². The molecule has 0 amide bonds. The minimum absolute atomic E-state index is 0.00231. The summed E-state index contributed by atoms with van der Waals surface area (Å²) in [5.41, 5.74) is -0.175. The van der Waals surface area contributed by atoms with Crippen molar-refractivity contribution in [2.75, 3.05) is 6.54 Å². The lowest BCUT2D eigenvalue weighted by Crippen LogP contribution is -2.38. The smallest absolute Gasteiger partial charge is 0.219 e. The zero-order valence-corrected chi connectivity index (χ0v) is 7.89. The van der Waals surface area contributed by atoms with Crippen molar-refractivity contribution in [3.8, 4) is 0 Å². The van der Waals surface area contributed by atoms with E-state index in [9.17, 15) is 4.79 Å². The van der Waals surface area contributed by atoms with Crippen LogP contribution in [-0.2, 0) is 9.53 Å². The number of hydrogen-bond acceptors (Lipinski definition) is 3. The first-order valence-corrected chi connectivity index (χ1v) is 4.32. The van der Waals surface area contributed by atoms with Gasteiger partial charge in [-0.25, -0.2) is 0 Å². The van der Waals surface area contributed by atoms with Gasteiger partial charge in [0, 0.05) is 0 Å². The second-order valence-corrected chi connectivity index (χ2v) is 4.11. The minimum atomic E-state index is -0.232. The van der Waals surface area contributed by atoms with E-state index >= 15 is 0 Å². The van der Waals surface area contributed by atoms with E-state index in [2.05, 4.69) is 5.32 Å². The van der Waals surface area contributed by atoms with Crippen molar-refractivity contribution >= 4 is 6.29 Å². The van der Waals surface area contributed by atoms with Crippen LogP contribution in [0.2, 0.25) is 0 Å². The summed E-state index contributed by atoms with van der Waals surface area (Å²) in [6.07, 6.45) is 2.85. The molecule has 0 aromatic rings. The maximum Gasteiger partial charge on any atom is 0.219 e. The van der Waals surface area contributed by atoms with Crippen molar-refractivity contribution in [2.24, 2.45) is 0 Å². The van der Waals surface area contributed by atoms with Gasteiger partial charge in [0.05, 0.1) is 11.7 Å². The molecule has 1 aliphatic heterocycles. The molecular formula is C9H16NO2. The summed E-state index contributed by atoms with van der Waals surface area (Å²) < 4.78 is 5.68. The summed E-state index contributed by atoms with van der Waals surface area (Å²) >= 11 is 0. The van der Waals surface area contributed by atoms with E-state index in [-0.39, 0.29) is 17.7 Å². The summed E-state index contributed by atoms with van der Waals surface area (Å²) in [6.45, 7) is 6.83. The highest BCUT2D eigenvalue weighted by atomic mass is 16.5. The highest BCUT2D eigenvalue weighted by Gasteiger charge is 2.31. The number of nitrogens with one attached hydrogen (secondary N) is 1. The van der Waals surface area contributed by atoms with Gasteiger partial charge in [0.2, 0.25) is 6.29 Å². The molecule has 3 heteroatoms. The first-order valence-electron chi connectivity index (χ1n) is 4.32. The van der Waals surface area contributed by atoms with Crippen molar-refractivity contribution < 1.29 is 9.53 Å². The van der Waals surface area contributed by atoms with Crippen LogP contribution in [0.4, 0.5) is 0 Å². The van der Waals surface area contributed by atoms with Gasteiger partial charge >= 0.3 is 0 Å². The number of ether oxygens (including phenoxy) is 1. The van der Waals surface area contributed by atoms with Gasteiger partial charge in [-0.15, -0.1) is 0 Å². The zero-order valence-electron chi connectivity index (χ0n) is 7.89. The van der Waals surface area contributed by atoms with Crippen molar-refractivity contribution in [1.29, 1.82) is 0 Å². The molecule has 2 unspecified atom stereocenters. The van der Waals surface area contributed by atoms with Gasteiger partial charge in [0.25, 0.3) is 0 Å². The quantitative estimate of drug-likeness (QED) is 0.661. The lowest BCUT2D eigenvalue weighted by Gasteiger charge is -2.26. The summed E-state index contributed by atoms with van der Waals surface area (Å²) in [6, 6.07) is -0.232. The Morgan fingerprint density at radius 3 is 2.67 bits per heavy atom. The van der Waals surface area contributed by atoms with Crippen molar-refractivity contribution in [3.63, 3.8) is 0 Å². The molecule has 69 valence electrons. The Morgan fingerprint density at radius 2 is 2.17 bits per heavy atom. The third-order valence-electron chi connectivity index (χ3n) is 1.80. The second kappa shape index (κ2) is 3.54. The van der Waals surface area contributed by atoms with Crippen LogP contribution in [0.5, 0.6) is 0 Å². The molecule has 1 N–H and O–H groups in total. The molecule has 0 aliphatic carbocycles. The van der Waals surface area contributed by atoms with Crippen LogP contribution in [0.15, 0.2) is 0 Å².